The summed E-state index contributed by atoms with van der Waals surface area (Å²) in [4.78, 5) is 63.7. The zero-order valence-electron chi connectivity index (χ0n) is 27.0. The van der Waals surface area contributed by atoms with E-state index in [0.717, 1.165) is 0 Å². The molecule has 9 N–H and O–H groups in total. The summed E-state index contributed by atoms with van der Waals surface area (Å²) in [6.45, 7) is 7.17. The molecule has 0 aliphatic heterocycles. The third kappa shape index (κ3) is 13.7. The van der Waals surface area contributed by atoms with Gasteiger partial charge in [0.15, 0.2) is 6.29 Å². The Balaban J connectivity index is 2.22. The first kappa shape index (κ1) is 39.1. The fourth-order valence-electron chi connectivity index (χ4n) is 4.77. The van der Waals surface area contributed by atoms with Crippen LogP contribution in [0.5, 0.6) is 0 Å². The number of nitrogens with one attached hydrogen (secondary N) is 4. The van der Waals surface area contributed by atoms with Gasteiger partial charge in [0.1, 0.15) is 12.1 Å². The lowest BCUT2D eigenvalue weighted by molar-refractivity contribution is -0.137. The molecule has 258 valence electrons. The molecule has 47 heavy (non-hydrogen) atoms. The zero-order valence-corrected chi connectivity index (χ0v) is 27.8. The molecule has 14 heteroatoms. The SMILES string of the molecule is CC(C)C[C@H](NC(=O)[C@@H](NC(=O)[C@@H](N)CCC(=O)O)C(C)C)C(=O)N/C(=C/c1ccccc1)CC(=O)NC1C=CC(Cl)=C(C(O)O)C1. The molecular formula is C33H46ClN5O8. The second-order valence-corrected chi connectivity index (χ2v) is 12.6. The number of aliphatic carboxylic acids is 1. The number of nitrogens with two attached hydrogens (primary N) is 1. The molecule has 0 saturated carbocycles. The summed E-state index contributed by atoms with van der Waals surface area (Å²) < 4.78 is 0. The van der Waals surface area contributed by atoms with Crippen LogP contribution >= 0.6 is 11.6 Å². The molecule has 4 atom stereocenters. The molecule has 0 saturated heterocycles. The van der Waals surface area contributed by atoms with Crippen LogP contribution in [0.3, 0.4) is 0 Å². The van der Waals surface area contributed by atoms with Gasteiger partial charge in [-0.15, -0.1) is 0 Å². The number of hydrogen-bond acceptors (Lipinski definition) is 8. The van der Waals surface area contributed by atoms with Gasteiger partial charge in [-0.2, -0.15) is 0 Å². The van der Waals surface area contributed by atoms with E-state index in [2.05, 4.69) is 21.3 Å². The molecule has 4 amide bonds. The lowest BCUT2D eigenvalue weighted by Gasteiger charge is -2.27. The molecule has 2 rings (SSSR count). The summed E-state index contributed by atoms with van der Waals surface area (Å²) in [6, 6.07) is 5.20. The minimum absolute atomic E-state index is 0.0264. The smallest absolute Gasteiger partial charge is 0.303 e. The second-order valence-electron chi connectivity index (χ2n) is 12.2. The quantitative estimate of drug-likeness (QED) is 0.112. The molecule has 13 nitrogen and oxygen atoms in total. The van der Waals surface area contributed by atoms with Crippen molar-refractivity contribution in [3.8, 4) is 0 Å². The number of amides is 4. The van der Waals surface area contributed by atoms with E-state index < -0.39 is 66.0 Å². The number of carbonyl (C=O) groups is 5. The number of carboxylic acid groups (broad SMARTS) is 1. The van der Waals surface area contributed by atoms with Crippen molar-refractivity contribution in [1.82, 2.24) is 21.3 Å². The fourth-order valence-corrected chi connectivity index (χ4v) is 5.01. The summed E-state index contributed by atoms with van der Waals surface area (Å²) in [5.41, 5.74) is 6.95. The fraction of sp³-hybridized carbons (Fsp3) is 0.485. The van der Waals surface area contributed by atoms with E-state index in [0.29, 0.717) is 5.56 Å². The Bertz CT molecular complexity index is 1360. The van der Waals surface area contributed by atoms with Gasteiger partial charge in [-0.05, 0) is 48.8 Å². The lowest BCUT2D eigenvalue weighted by Crippen LogP contribution is -2.57. The highest BCUT2D eigenvalue weighted by Gasteiger charge is 2.31. The maximum Gasteiger partial charge on any atom is 0.303 e. The van der Waals surface area contributed by atoms with E-state index >= 15 is 0 Å². The second kappa shape index (κ2) is 18.9. The van der Waals surface area contributed by atoms with Crippen molar-refractivity contribution in [3.05, 3.63) is 64.3 Å². The predicted octanol–water partition coefficient (Wildman–Crippen LogP) is 1.65. The van der Waals surface area contributed by atoms with E-state index in [4.69, 9.17) is 22.4 Å². The Morgan fingerprint density at radius 2 is 1.66 bits per heavy atom. The highest BCUT2D eigenvalue weighted by atomic mass is 35.5. The summed E-state index contributed by atoms with van der Waals surface area (Å²) in [5.74, 6) is -3.86. The predicted molar refractivity (Wildman–Crippen MR) is 177 cm³/mol. The Morgan fingerprint density at radius 3 is 2.23 bits per heavy atom. The summed E-state index contributed by atoms with van der Waals surface area (Å²) in [6.07, 6.45) is 2.63. The number of carbonyl (C=O) groups excluding carboxylic acids is 4. The van der Waals surface area contributed by atoms with Gasteiger partial charge < -0.3 is 42.3 Å². The molecule has 1 aromatic rings. The first-order chi connectivity index (χ1) is 22.1. The van der Waals surface area contributed by atoms with E-state index in [1.165, 1.54) is 6.08 Å². The van der Waals surface area contributed by atoms with Gasteiger partial charge in [0, 0.05) is 22.7 Å². The number of rotatable bonds is 17. The molecular weight excluding hydrogens is 630 g/mol. The van der Waals surface area contributed by atoms with Gasteiger partial charge in [0.2, 0.25) is 23.6 Å². The minimum Gasteiger partial charge on any atom is -0.481 e. The highest BCUT2D eigenvalue weighted by Crippen LogP contribution is 2.24. The van der Waals surface area contributed by atoms with Crippen LogP contribution in [0.2, 0.25) is 0 Å². The topological polar surface area (TPSA) is 220 Å². The van der Waals surface area contributed by atoms with Crippen molar-refractivity contribution in [2.45, 2.75) is 90.3 Å². The van der Waals surface area contributed by atoms with Crippen LogP contribution in [0.1, 0.15) is 65.4 Å². The Morgan fingerprint density at radius 1 is 1.00 bits per heavy atom. The number of halogens is 1. The van der Waals surface area contributed by atoms with Gasteiger partial charge in [-0.1, -0.05) is 75.7 Å². The van der Waals surface area contributed by atoms with Crippen molar-refractivity contribution < 1.29 is 39.3 Å². The van der Waals surface area contributed by atoms with Gasteiger partial charge in [-0.25, -0.2) is 0 Å². The van der Waals surface area contributed by atoms with Gasteiger partial charge in [-0.3, -0.25) is 24.0 Å². The summed E-state index contributed by atoms with van der Waals surface area (Å²) in [5, 5.41) is 39.1. The molecule has 0 radical (unpaired) electrons. The third-order valence-corrected chi connectivity index (χ3v) is 7.62. The van der Waals surface area contributed by atoms with E-state index in [-0.39, 0.29) is 54.3 Å². The van der Waals surface area contributed by atoms with Gasteiger partial charge >= 0.3 is 5.97 Å². The molecule has 1 unspecified atom stereocenters. The molecule has 0 spiro atoms. The number of aliphatic hydroxyl groups is 2. The summed E-state index contributed by atoms with van der Waals surface area (Å²) in [7, 11) is 0. The maximum absolute atomic E-state index is 13.7. The van der Waals surface area contributed by atoms with Crippen molar-refractivity contribution in [2.24, 2.45) is 17.6 Å². The Hall–Kier alpha value is -4.04. The standard InChI is InChI=1S/C33H46ClN5O8/c1-18(2)14-26(38-32(45)29(19(3)4)39-30(43)25(35)12-13-28(41)42)31(44)37-22(15-20-8-6-5-7-9-20)17-27(40)36-21-10-11-24(34)23(16-21)33(46)47/h5-11,15,18-19,21,25-26,29,33,46-47H,12-14,16-17,35H2,1-4H3,(H,36,40)(H,37,44)(H,38,45)(H,39,43)(H,41,42)/b22-15+/t21?,25-,26-,29-/m0/s1. The lowest BCUT2D eigenvalue weighted by atomic mass is 9.99. The molecule has 0 aromatic heterocycles. The average Bonchev–Trinajstić information content (AvgIpc) is 2.98. The summed E-state index contributed by atoms with van der Waals surface area (Å²) >= 11 is 6.04. The van der Waals surface area contributed by atoms with Crippen LogP contribution in [0.15, 0.2) is 58.8 Å². The average molecular weight is 676 g/mol. The number of allylic oxidation sites excluding steroid dienone is 2. The van der Waals surface area contributed by atoms with Gasteiger partial charge in [0.25, 0.3) is 0 Å². The van der Waals surface area contributed by atoms with Crippen LogP contribution in [-0.2, 0) is 24.0 Å². The van der Waals surface area contributed by atoms with Crippen LogP contribution in [0.25, 0.3) is 6.08 Å². The zero-order chi connectivity index (χ0) is 35.3. The molecule has 1 aliphatic carbocycles. The monoisotopic (exact) mass is 675 g/mol. The maximum atomic E-state index is 13.7. The molecule has 1 aromatic carbocycles. The highest BCUT2D eigenvalue weighted by molar-refractivity contribution is 6.31. The molecule has 0 bridgehead atoms. The van der Waals surface area contributed by atoms with Crippen LogP contribution in [-0.4, -0.2) is 75.4 Å². The Kier molecular flexibility index (Phi) is 15.8. The van der Waals surface area contributed by atoms with Crippen molar-refractivity contribution in [1.29, 1.82) is 0 Å². The number of hydrogen-bond donors (Lipinski definition) is 8. The first-order valence-electron chi connectivity index (χ1n) is 15.4. The molecule has 0 fully saturated rings. The normalized spacial score (nSPS) is 16.9. The van der Waals surface area contributed by atoms with Crippen LogP contribution in [0.4, 0.5) is 0 Å². The van der Waals surface area contributed by atoms with Crippen molar-refractivity contribution in [3.63, 3.8) is 0 Å². The van der Waals surface area contributed by atoms with E-state index in [9.17, 15) is 34.2 Å². The van der Waals surface area contributed by atoms with E-state index in [1.54, 1.807) is 50.3 Å². The molecule has 1 aliphatic rings. The largest absolute Gasteiger partial charge is 0.481 e. The van der Waals surface area contributed by atoms with Crippen LogP contribution < -0.4 is 27.0 Å². The van der Waals surface area contributed by atoms with Crippen molar-refractivity contribution in [2.75, 3.05) is 0 Å². The first-order valence-corrected chi connectivity index (χ1v) is 15.8. The van der Waals surface area contributed by atoms with Crippen molar-refractivity contribution >= 4 is 47.3 Å². The number of aliphatic hydroxyl groups excluding tert-OH is 1. The van der Waals surface area contributed by atoms with Gasteiger partial charge in [0.05, 0.1) is 18.5 Å². The van der Waals surface area contributed by atoms with E-state index in [1.807, 2.05) is 19.9 Å². The minimum atomic E-state index is -1.77. The molecule has 0 heterocycles. The number of carboxylic acids is 1. The third-order valence-electron chi connectivity index (χ3n) is 7.25. The number of benzene rings is 1. The Labute approximate surface area is 279 Å². The van der Waals surface area contributed by atoms with Crippen LogP contribution in [0, 0.1) is 11.8 Å².